The Labute approximate surface area is 166 Å². The van der Waals surface area contributed by atoms with Crippen LogP contribution < -0.4 is 10.6 Å². The molecular formula is C20H21N3O2S2. The molecule has 2 heterocycles. The van der Waals surface area contributed by atoms with Crippen LogP contribution in [0.1, 0.15) is 20.1 Å². The minimum Gasteiger partial charge on any atom is -0.325 e. The maximum atomic E-state index is 12.2. The summed E-state index contributed by atoms with van der Waals surface area (Å²) in [6.45, 7) is 3.15. The summed E-state index contributed by atoms with van der Waals surface area (Å²) in [5.74, 6) is -0.200. The van der Waals surface area contributed by atoms with Crippen LogP contribution >= 0.6 is 22.7 Å². The van der Waals surface area contributed by atoms with E-state index in [4.69, 9.17) is 0 Å². The predicted octanol–water partition coefficient (Wildman–Crippen LogP) is 4.44. The van der Waals surface area contributed by atoms with Crippen LogP contribution in [0.3, 0.4) is 0 Å². The van der Waals surface area contributed by atoms with Crippen molar-refractivity contribution in [2.24, 2.45) is 0 Å². The molecule has 27 heavy (non-hydrogen) atoms. The van der Waals surface area contributed by atoms with Crippen LogP contribution in [0.2, 0.25) is 0 Å². The van der Waals surface area contributed by atoms with Crippen molar-refractivity contribution in [2.75, 3.05) is 24.2 Å². The highest BCUT2D eigenvalue weighted by Crippen LogP contribution is 2.18. The number of benzene rings is 1. The van der Waals surface area contributed by atoms with Crippen LogP contribution in [0, 0.1) is 6.92 Å². The van der Waals surface area contributed by atoms with Crippen LogP contribution in [0.15, 0.2) is 53.2 Å². The number of rotatable bonds is 7. The maximum absolute atomic E-state index is 12.2. The van der Waals surface area contributed by atoms with Gasteiger partial charge in [0.25, 0.3) is 5.91 Å². The Morgan fingerprint density at radius 1 is 0.963 bits per heavy atom. The van der Waals surface area contributed by atoms with Gasteiger partial charge in [0.15, 0.2) is 0 Å². The second-order valence-corrected chi connectivity index (χ2v) is 8.20. The van der Waals surface area contributed by atoms with Gasteiger partial charge in [0.2, 0.25) is 5.91 Å². The number of nitrogens with one attached hydrogen (secondary N) is 2. The van der Waals surface area contributed by atoms with Crippen molar-refractivity contribution in [3.8, 4) is 0 Å². The van der Waals surface area contributed by atoms with Gasteiger partial charge < -0.3 is 10.6 Å². The number of amides is 2. The van der Waals surface area contributed by atoms with E-state index in [1.165, 1.54) is 21.8 Å². The molecule has 140 valence electrons. The van der Waals surface area contributed by atoms with Gasteiger partial charge in [0, 0.05) is 22.8 Å². The Morgan fingerprint density at radius 2 is 1.67 bits per heavy atom. The molecule has 0 aliphatic rings. The smallest absolute Gasteiger partial charge is 0.265 e. The van der Waals surface area contributed by atoms with Crippen molar-refractivity contribution in [3.05, 3.63) is 68.5 Å². The summed E-state index contributed by atoms with van der Waals surface area (Å²) in [4.78, 5) is 28.2. The molecule has 0 atom stereocenters. The lowest BCUT2D eigenvalue weighted by Crippen LogP contribution is -2.29. The second-order valence-electron chi connectivity index (χ2n) is 6.26. The highest BCUT2D eigenvalue weighted by molar-refractivity contribution is 7.12. The molecule has 2 amide bonds. The van der Waals surface area contributed by atoms with E-state index in [9.17, 15) is 9.59 Å². The van der Waals surface area contributed by atoms with Gasteiger partial charge in [0.05, 0.1) is 11.4 Å². The minimum absolute atomic E-state index is 0.0675. The predicted molar refractivity (Wildman–Crippen MR) is 113 cm³/mol. The molecule has 0 unspecified atom stereocenters. The van der Waals surface area contributed by atoms with E-state index in [1.807, 2.05) is 23.4 Å². The summed E-state index contributed by atoms with van der Waals surface area (Å²) in [5, 5.41) is 9.66. The molecule has 3 aromatic rings. The summed E-state index contributed by atoms with van der Waals surface area (Å²) in [5.41, 5.74) is 2.65. The normalized spacial score (nSPS) is 10.8. The van der Waals surface area contributed by atoms with E-state index >= 15 is 0 Å². The number of thiophene rings is 2. The highest BCUT2D eigenvalue weighted by atomic mass is 32.1. The molecule has 0 spiro atoms. The van der Waals surface area contributed by atoms with Crippen LogP contribution in [0.4, 0.5) is 11.4 Å². The monoisotopic (exact) mass is 399 g/mol. The van der Waals surface area contributed by atoms with Crippen LogP contribution in [-0.4, -0.2) is 30.3 Å². The number of anilines is 2. The molecular weight excluding hydrogens is 378 g/mol. The first kappa shape index (κ1) is 19.3. The van der Waals surface area contributed by atoms with Crippen LogP contribution in [0.25, 0.3) is 0 Å². The summed E-state index contributed by atoms with van der Waals surface area (Å²) in [6, 6.07) is 12.8. The van der Waals surface area contributed by atoms with E-state index < -0.39 is 0 Å². The molecule has 0 saturated carbocycles. The topological polar surface area (TPSA) is 61.4 Å². The first-order valence-electron chi connectivity index (χ1n) is 8.47. The molecule has 5 nitrogen and oxygen atoms in total. The fourth-order valence-electron chi connectivity index (χ4n) is 2.55. The van der Waals surface area contributed by atoms with E-state index in [0.717, 1.165) is 6.54 Å². The molecule has 0 fully saturated rings. The van der Waals surface area contributed by atoms with Gasteiger partial charge in [-0.25, -0.2) is 0 Å². The van der Waals surface area contributed by atoms with E-state index in [2.05, 4.69) is 29.0 Å². The zero-order valence-corrected chi connectivity index (χ0v) is 16.8. The second kappa shape index (κ2) is 8.94. The zero-order chi connectivity index (χ0) is 19.2. The number of hydrogen-bond acceptors (Lipinski definition) is 5. The number of nitrogens with zero attached hydrogens (tertiary/aromatic N) is 1. The lowest BCUT2D eigenvalue weighted by Gasteiger charge is -2.16. The Kier molecular flexibility index (Phi) is 6.39. The first-order valence-corrected chi connectivity index (χ1v) is 10.2. The number of aryl methyl sites for hydroxylation is 1. The SMILES string of the molecule is Cc1ccsc1CN(C)CC(=O)Nc1ccc(NC(=O)c2cccs2)cc1. The van der Waals surface area contributed by atoms with Gasteiger partial charge in [-0.3, -0.25) is 14.5 Å². The van der Waals surface area contributed by atoms with Crippen molar-refractivity contribution in [3.63, 3.8) is 0 Å². The molecule has 0 saturated heterocycles. The standard InChI is InChI=1S/C20H21N3O2S2/c1-14-9-11-27-18(14)12-23(2)13-19(24)21-15-5-7-16(8-6-15)22-20(25)17-4-3-10-26-17/h3-11H,12-13H2,1-2H3,(H,21,24)(H,22,25). The Bertz CT molecular complexity index is 902. The first-order chi connectivity index (χ1) is 13.0. The molecule has 0 aliphatic carbocycles. The van der Waals surface area contributed by atoms with Gasteiger partial charge in [-0.05, 0) is 66.7 Å². The quantitative estimate of drug-likeness (QED) is 0.617. The lowest BCUT2D eigenvalue weighted by atomic mass is 10.2. The average molecular weight is 400 g/mol. The number of hydrogen-bond donors (Lipinski definition) is 2. The van der Waals surface area contributed by atoms with Gasteiger partial charge in [-0.15, -0.1) is 22.7 Å². The lowest BCUT2D eigenvalue weighted by molar-refractivity contribution is -0.117. The summed E-state index contributed by atoms with van der Waals surface area (Å²) < 4.78 is 0. The molecule has 0 aliphatic heterocycles. The van der Waals surface area contributed by atoms with Gasteiger partial charge in [-0.1, -0.05) is 6.07 Å². The Hall–Kier alpha value is -2.48. The molecule has 0 bridgehead atoms. The van der Waals surface area contributed by atoms with Gasteiger partial charge in [-0.2, -0.15) is 0 Å². The van der Waals surface area contributed by atoms with Crippen molar-refractivity contribution < 1.29 is 9.59 Å². The van der Waals surface area contributed by atoms with Crippen LogP contribution in [-0.2, 0) is 11.3 Å². The summed E-state index contributed by atoms with van der Waals surface area (Å²) in [6.07, 6.45) is 0. The molecule has 0 radical (unpaired) electrons. The molecule has 1 aromatic carbocycles. The van der Waals surface area contributed by atoms with Gasteiger partial charge in [0.1, 0.15) is 0 Å². The molecule has 7 heteroatoms. The zero-order valence-electron chi connectivity index (χ0n) is 15.2. The largest absolute Gasteiger partial charge is 0.325 e. The molecule has 2 aromatic heterocycles. The van der Waals surface area contributed by atoms with Crippen molar-refractivity contribution >= 4 is 45.9 Å². The minimum atomic E-state index is -0.132. The number of likely N-dealkylation sites (N-methyl/N-ethyl adjacent to an activating group) is 1. The van der Waals surface area contributed by atoms with Gasteiger partial charge >= 0.3 is 0 Å². The molecule has 3 rings (SSSR count). The fourth-order valence-corrected chi connectivity index (χ4v) is 4.15. The summed E-state index contributed by atoms with van der Waals surface area (Å²) >= 11 is 3.10. The third-order valence-electron chi connectivity index (χ3n) is 3.97. The van der Waals surface area contributed by atoms with Crippen molar-refractivity contribution in [2.45, 2.75) is 13.5 Å². The van der Waals surface area contributed by atoms with Crippen molar-refractivity contribution in [1.29, 1.82) is 0 Å². The fraction of sp³-hybridized carbons (Fsp3) is 0.200. The highest BCUT2D eigenvalue weighted by Gasteiger charge is 2.10. The number of carbonyl (C=O) groups excluding carboxylic acids is 2. The Balaban J connectivity index is 1.49. The van der Waals surface area contributed by atoms with E-state index in [1.54, 1.807) is 41.7 Å². The van der Waals surface area contributed by atoms with E-state index in [-0.39, 0.29) is 11.8 Å². The van der Waals surface area contributed by atoms with Crippen LogP contribution in [0.5, 0.6) is 0 Å². The average Bonchev–Trinajstić information content (AvgIpc) is 3.29. The molecule has 2 N–H and O–H groups in total. The summed E-state index contributed by atoms with van der Waals surface area (Å²) in [7, 11) is 1.93. The number of carbonyl (C=O) groups is 2. The third-order valence-corrected chi connectivity index (χ3v) is 5.84. The Morgan fingerprint density at radius 3 is 2.26 bits per heavy atom. The third kappa shape index (κ3) is 5.50. The van der Waals surface area contributed by atoms with E-state index in [0.29, 0.717) is 22.8 Å². The maximum Gasteiger partial charge on any atom is 0.265 e. The van der Waals surface area contributed by atoms with Crippen molar-refractivity contribution in [1.82, 2.24) is 4.90 Å².